The van der Waals surface area contributed by atoms with Crippen molar-refractivity contribution in [3.05, 3.63) is 53.1 Å². The van der Waals surface area contributed by atoms with E-state index in [1.54, 1.807) is 23.0 Å². The van der Waals surface area contributed by atoms with Crippen LogP contribution < -0.4 is 0 Å². The predicted octanol–water partition coefficient (Wildman–Crippen LogP) is 1.74. The third kappa shape index (κ3) is 1.48. The summed E-state index contributed by atoms with van der Waals surface area (Å²) in [4.78, 5) is 0. The molecule has 4 heteroatoms. The number of aromatic nitrogens is 2. The topological polar surface area (TPSA) is 38.0 Å². The molecule has 88 valence electrons. The van der Waals surface area contributed by atoms with Gasteiger partial charge in [0, 0.05) is 13.2 Å². The number of hydrogen-bond acceptors (Lipinski definition) is 2. The summed E-state index contributed by atoms with van der Waals surface area (Å²) in [5.74, 6) is -0.256. The first-order valence-corrected chi connectivity index (χ1v) is 5.61. The minimum atomic E-state index is -1.07. The van der Waals surface area contributed by atoms with Gasteiger partial charge in [-0.15, -0.1) is 0 Å². The maximum atomic E-state index is 13.1. The first kappa shape index (κ1) is 10.5. The second-order valence-corrected chi connectivity index (χ2v) is 4.54. The van der Waals surface area contributed by atoms with Crippen molar-refractivity contribution >= 4 is 0 Å². The number of aryl methyl sites for hydroxylation is 2. The molecule has 17 heavy (non-hydrogen) atoms. The van der Waals surface area contributed by atoms with Gasteiger partial charge >= 0.3 is 0 Å². The van der Waals surface area contributed by atoms with Crippen molar-refractivity contribution in [2.75, 3.05) is 0 Å². The number of hydrogen-bond donors (Lipinski definition) is 1. The Morgan fingerprint density at radius 1 is 1.41 bits per heavy atom. The minimum absolute atomic E-state index is 0.256. The summed E-state index contributed by atoms with van der Waals surface area (Å²) >= 11 is 0. The molecule has 0 saturated heterocycles. The molecule has 0 aliphatic heterocycles. The molecule has 1 N–H and O–H groups in total. The molecule has 1 unspecified atom stereocenters. The summed E-state index contributed by atoms with van der Waals surface area (Å²) < 4.78 is 14.8. The molecule has 1 aromatic heterocycles. The van der Waals surface area contributed by atoms with E-state index in [4.69, 9.17) is 0 Å². The van der Waals surface area contributed by atoms with E-state index in [9.17, 15) is 9.50 Å². The molecule has 1 heterocycles. The van der Waals surface area contributed by atoms with Gasteiger partial charge in [0.05, 0.1) is 5.69 Å². The highest BCUT2D eigenvalue weighted by molar-refractivity contribution is 5.43. The molecule has 1 aliphatic rings. The summed E-state index contributed by atoms with van der Waals surface area (Å²) in [6.45, 7) is 0. The molecule has 3 rings (SSSR count). The molecule has 1 aromatic carbocycles. The normalized spacial score (nSPS) is 22.8. The summed E-state index contributed by atoms with van der Waals surface area (Å²) in [6, 6.07) is 6.35. The Labute approximate surface area is 98.5 Å². The third-order valence-corrected chi connectivity index (χ3v) is 3.41. The number of nitrogens with zero attached hydrogens (tertiary/aromatic N) is 2. The van der Waals surface area contributed by atoms with Crippen molar-refractivity contribution in [1.82, 2.24) is 9.78 Å². The van der Waals surface area contributed by atoms with Gasteiger partial charge in [0.15, 0.2) is 0 Å². The lowest BCUT2D eigenvalue weighted by atomic mass is 9.92. The fourth-order valence-corrected chi connectivity index (χ4v) is 2.52. The Balaban J connectivity index is 2.13. The monoisotopic (exact) mass is 232 g/mol. The lowest BCUT2D eigenvalue weighted by Gasteiger charge is -2.21. The molecule has 3 nitrogen and oxygen atoms in total. The van der Waals surface area contributed by atoms with E-state index in [-0.39, 0.29) is 5.82 Å². The van der Waals surface area contributed by atoms with Crippen molar-refractivity contribution in [3.8, 4) is 0 Å². The zero-order chi connectivity index (χ0) is 12.0. The Bertz CT molecular complexity index is 579. The first-order valence-electron chi connectivity index (χ1n) is 5.61. The van der Waals surface area contributed by atoms with Crippen molar-refractivity contribution in [1.29, 1.82) is 0 Å². The fraction of sp³-hybridized carbons (Fsp3) is 0.308. The molecular formula is C13H13FN2O. The number of rotatable bonds is 1. The number of benzene rings is 1. The molecular weight excluding hydrogens is 219 g/mol. The lowest BCUT2D eigenvalue weighted by molar-refractivity contribution is 0.0776. The van der Waals surface area contributed by atoms with E-state index in [1.807, 2.05) is 7.05 Å². The van der Waals surface area contributed by atoms with Crippen LogP contribution >= 0.6 is 0 Å². The van der Waals surface area contributed by atoms with Crippen LogP contribution in [0.25, 0.3) is 0 Å². The van der Waals surface area contributed by atoms with Gasteiger partial charge in [0.25, 0.3) is 0 Å². The number of fused-ring (bicyclic) bond motifs is 1. The fourth-order valence-electron chi connectivity index (χ4n) is 2.52. The van der Waals surface area contributed by atoms with Gasteiger partial charge in [0.1, 0.15) is 11.4 Å². The van der Waals surface area contributed by atoms with Gasteiger partial charge in [0.2, 0.25) is 0 Å². The zero-order valence-corrected chi connectivity index (χ0v) is 9.52. The third-order valence-electron chi connectivity index (χ3n) is 3.41. The molecule has 0 radical (unpaired) electrons. The highest BCUT2D eigenvalue weighted by Gasteiger charge is 2.40. The molecule has 2 aromatic rings. The van der Waals surface area contributed by atoms with Crippen LogP contribution in [-0.4, -0.2) is 14.9 Å². The quantitative estimate of drug-likeness (QED) is 0.813. The summed E-state index contributed by atoms with van der Waals surface area (Å²) in [7, 11) is 1.81. The Morgan fingerprint density at radius 3 is 2.94 bits per heavy atom. The second-order valence-electron chi connectivity index (χ2n) is 4.54. The van der Waals surface area contributed by atoms with Crippen molar-refractivity contribution < 1.29 is 9.50 Å². The van der Waals surface area contributed by atoms with E-state index >= 15 is 0 Å². The highest BCUT2D eigenvalue weighted by Crippen LogP contribution is 2.41. The highest BCUT2D eigenvalue weighted by atomic mass is 19.1. The maximum Gasteiger partial charge on any atom is 0.134 e. The van der Waals surface area contributed by atoms with E-state index in [2.05, 4.69) is 5.10 Å². The van der Waals surface area contributed by atoms with Crippen LogP contribution in [0.15, 0.2) is 30.5 Å². The van der Waals surface area contributed by atoms with Crippen molar-refractivity contribution in [2.24, 2.45) is 7.05 Å². The zero-order valence-electron chi connectivity index (χ0n) is 9.52. The molecule has 0 saturated carbocycles. The summed E-state index contributed by atoms with van der Waals surface area (Å²) in [5.41, 5.74) is 1.21. The van der Waals surface area contributed by atoms with Crippen molar-refractivity contribution in [3.63, 3.8) is 0 Å². The Kier molecular flexibility index (Phi) is 2.10. The smallest absolute Gasteiger partial charge is 0.134 e. The standard InChI is InChI=1S/C13H13FN2O/c1-16-7-5-12(15-16)13(17)6-4-9-8-10(14)2-3-11(9)13/h2-3,5,7-8,17H,4,6H2,1H3. The lowest BCUT2D eigenvalue weighted by Crippen LogP contribution is -2.24. The summed E-state index contributed by atoms with van der Waals surface area (Å²) in [5, 5.41) is 15.0. The van der Waals surface area contributed by atoms with Gasteiger partial charge in [-0.1, -0.05) is 6.07 Å². The van der Waals surface area contributed by atoms with Crippen LogP contribution in [0.2, 0.25) is 0 Å². The van der Waals surface area contributed by atoms with Crippen LogP contribution in [0.3, 0.4) is 0 Å². The van der Waals surface area contributed by atoms with E-state index in [0.717, 1.165) is 11.1 Å². The van der Waals surface area contributed by atoms with Gasteiger partial charge < -0.3 is 5.11 Å². The van der Waals surface area contributed by atoms with E-state index in [0.29, 0.717) is 18.5 Å². The largest absolute Gasteiger partial charge is 0.379 e. The molecule has 0 fully saturated rings. The van der Waals surface area contributed by atoms with Gasteiger partial charge in [-0.05, 0) is 42.2 Å². The first-order chi connectivity index (χ1) is 8.09. The number of halogens is 1. The Morgan fingerprint density at radius 2 is 2.24 bits per heavy atom. The van der Waals surface area contributed by atoms with Gasteiger partial charge in [-0.25, -0.2) is 4.39 Å². The van der Waals surface area contributed by atoms with E-state index in [1.165, 1.54) is 12.1 Å². The molecule has 0 bridgehead atoms. The SMILES string of the molecule is Cn1ccc(C2(O)CCc3cc(F)ccc32)n1. The molecule has 0 amide bonds. The predicted molar refractivity (Wildman–Crippen MR) is 60.9 cm³/mol. The van der Waals surface area contributed by atoms with Gasteiger partial charge in [-0.3, -0.25) is 4.68 Å². The van der Waals surface area contributed by atoms with Crippen molar-refractivity contribution in [2.45, 2.75) is 18.4 Å². The van der Waals surface area contributed by atoms with Crippen LogP contribution in [0.1, 0.15) is 23.2 Å². The average molecular weight is 232 g/mol. The van der Waals surface area contributed by atoms with E-state index < -0.39 is 5.60 Å². The number of aliphatic hydroxyl groups is 1. The van der Waals surface area contributed by atoms with Crippen LogP contribution in [0.5, 0.6) is 0 Å². The molecule has 0 spiro atoms. The van der Waals surface area contributed by atoms with Crippen LogP contribution in [-0.2, 0) is 19.1 Å². The average Bonchev–Trinajstić information content (AvgIpc) is 2.85. The van der Waals surface area contributed by atoms with Crippen LogP contribution in [0.4, 0.5) is 4.39 Å². The maximum absolute atomic E-state index is 13.1. The molecule has 1 atom stereocenters. The molecule has 1 aliphatic carbocycles. The van der Waals surface area contributed by atoms with Gasteiger partial charge in [-0.2, -0.15) is 5.10 Å². The Hall–Kier alpha value is -1.68. The minimum Gasteiger partial charge on any atom is -0.379 e. The summed E-state index contributed by atoms with van der Waals surface area (Å²) in [6.07, 6.45) is 3.04. The van der Waals surface area contributed by atoms with Crippen LogP contribution in [0, 0.1) is 5.82 Å². The second kappa shape index (κ2) is 3.40.